The predicted octanol–water partition coefficient (Wildman–Crippen LogP) is 3.24. The summed E-state index contributed by atoms with van der Waals surface area (Å²) < 4.78 is 5.73. The number of hydrogen-bond acceptors (Lipinski definition) is 3. The summed E-state index contributed by atoms with van der Waals surface area (Å²) in [5.74, 6) is -0.248. The second-order valence-corrected chi connectivity index (χ2v) is 4.78. The number of carbonyl (C=O) groups excluding carboxylic acids is 1. The first-order valence-electron chi connectivity index (χ1n) is 5.70. The van der Waals surface area contributed by atoms with Gasteiger partial charge in [-0.2, -0.15) is 0 Å². The van der Waals surface area contributed by atoms with E-state index < -0.39 is 0 Å². The number of rotatable bonds is 4. The van der Waals surface area contributed by atoms with Crippen LogP contribution >= 0.6 is 15.9 Å². The highest BCUT2D eigenvalue weighted by Crippen LogP contribution is 2.16. The van der Waals surface area contributed by atoms with Gasteiger partial charge in [-0.05, 0) is 45.8 Å². The van der Waals surface area contributed by atoms with Crippen molar-refractivity contribution >= 4 is 27.5 Å². The molecule has 1 N–H and O–H groups in total. The summed E-state index contributed by atoms with van der Waals surface area (Å²) >= 11 is 3.31. The van der Waals surface area contributed by atoms with E-state index in [1.807, 2.05) is 24.3 Å². The Bertz CT molecular complexity index is 587. The molecule has 0 saturated heterocycles. The molecule has 0 aliphatic heterocycles. The summed E-state index contributed by atoms with van der Waals surface area (Å²) in [6, 6.07) is 11.1. The van der Waals surface area contributed by atoms with E-state index in [1.54, 1.807) is 25.4 Å². The van der Waals surface area contributed by atoms with E-state index in [0.29, 0.717) is 16.8 Å². The summed E-state index contributed by atoms with van der Waals surface area (Å²) in [5.41, 5.74) is 2.08. The van der Waals surface area contributed by atoms with E-state index >= 15 is 0 Å². The molecule has 2 rings (SSSR count). The number of halogens is 1. The second kappa shape index (κ2) is 6.45. The molecule has 0 radical (unpaired) electrons. The number of methoxy groups -OCH3 is 1. The van der Waals surface area contributed by atoms with Crippen molar-refractivity contribution in [2.45, 2.75) is 6.61 Å². The van der Waals surface area contributed by atoms with E-state index in [-0.39, 0.29) is 5.91 Å². The Labute approximate surface area is 119 Å². The van der Waals surface area contributed by atoms with Gasteiger partial charge in [-0.25, -0.2) is 4.98 Å². The maximum Gasteiger partial charge on any atom is 0.275 e. The summed E-state index contributed by atoms with van der Waals surface area (Å²) in [4.78, 5) is 16.1. The van der Waals surface area contributed by atoms with E-state index in [0.717, 1.165) is 11.3 Å². The molecule has 19 heavy (non-hydrogen) atoms. The van der Waals surface area contributed by atoms with Gasteiger partial charge in [0, 0.05) is 23.5 Å². The minimum atomic E-state index is -0.248. The number of benzene rings is 1. The fraction of sp³-hybridized carbons (Fsp3) is 0.143. The van der Waals surface area contributed by atoms with Gasteiger partial charge in [0.2, 0.25) is 0 Å². The van der Waals surface area contributed by atoms with Crippen molar-refractivity contribution in [2.24, 2.45) is 0 Å². The number of amides is 1. The lowest BCUT2D eigenvalue weighted by molar-refractivity contribution is 0.102. The van der Waals surface area contributed by atoms with Gasteiger partial charge in [0.05, 0.1) is 6.61 Å². The van der Waals surface area contributed by atoms with Crippen LogP contribution in [0.2, 0.25) is 0 Å². The van der Waals surface area contributed by atoms with Crippen molar-refractivity contribution in [3.63, 3.8) is 0 Å². The summed E-state index contributed by atoms with van der Waals surface area (Å²) in [6.07, 6.45) is 1.58. The average Bonchev–Trinajstić information content (AvgIpc) is 2.40. The van der Waals surface area contributed by atoms with Crippen LogP contribution in [-0.4, -0.2) is 18.0 Å². The van der Waals surface area contributed by atoms with Crippen molar-refractivity contribution in [3.8, 4) is 0 Å². The highest BCUT2D eigenvalue weighted by atomic mass is 79.9. The van der Waals surface area contributed by atoms with Gasteiger partial charge in [0.15, 0.2) is 0 Å². The molecule has 0 aliphatic rings. The Hall–Kier alpha value is -1.72. The predicted molar refractivity (Wildman–Crippen MR) is 77.0 cm³/mol. The van der Waals surface area contributed by atoms with Crippen molar-refractivity contribution in [1.82, 2.24) is 4.98 Å². The molecule has 0 unspecified atom stereocenters. The number of ether oxygens (including phenoxy) is 1. The van der Waals surface area contributed by atoms with Crippen LogP contribution in [0.25, 0.3) is 0 Å². The van der Waals surface area contributed by atoms with E-state index in [1.165, 1.54) is 0 Å². The van der Waals surface area contributed by atoms with Crippen LogP contribution in [-0.2, 0) is 11.3 Å². The van der Waals surface area contributed by atoms with Crippen LogP contribution < -0.4 is 5.32 Å². The van der Waals surface area contributed by atoms with Crippen LogP contribution in [0.1, 0.15) is 16.1 Å². The second-order valence-electron chi connectivity index (χ2n) is 3.92. The number of aromatic nitrogens is 1. The molecule has 2 aromatic rings. The van der Waals surface area contributed by atoms with Crippen molar-refractivity contribution < 1.29 is 9.53 Å². The fourth-order valence-corrected chi connectivity index (χ4v) is 2.08. The van der Waals surface area contributed by atoms with Crippen molar-refractivity contribution in [1.29, 1.82) is 0 Å². The Kier molecular flexibility index (Phi) is 4.65. The molecule has 98 valence electrons. The number of carbonyl (C=O) groups is 1. The lowest BCUT2D eigenvalue weighted by atomic mass is 10.2. The third-order valence-corrected chi connectivity index (χ3v) is 3.11. The maximum absolute atomic E-state index is 12.1. The third kappa shape index (κ3) is 3.62. The fourth-order valence-electron chi connectivity index (χ4n) is 1.65. The van der Waals surface area contributed by atoms with Crippen LogP contribution in [0.3, 0.4) is 0 Å². The molecular formula is C14H13BrN2O2. The number of nitrogens with zero attached hydrogens (tertiary/aromatic N) is 1. The first-order valence-corrected chi connectivity index (χ1v) is 6.50. The van der Waals surface area contributed by atoms with E-state index in [2.05, 4.69) is 26.2 Å². The molecular weight excluding hydrogens is 308 g/mol. The Morgan fingerprint density at radius 3 is 2.95 bits per heavy atom. The highest BCUT2D eigenvalue weighted by Gasteiger charge is 2.11. The molecule has 0 spiro atoms. The highest BCUT2D eigenvalue weighted by molar-refractivity contribution is 9.10. The van der Waals surface area contributed by atoms with Gasteiger partial charge >= 0.3 is 0 Å². The van der Waals surface area contributed by atoms with Gasteiger partial charge in [-0.15, -0.1) is 0 Å². The standard InChI is InChI=1S/C14H13BrN2O2/c1-19-9-10-4-2-5-11(8-10)17-14(18)13-12(15)6-3-7-16-13/h2-8H,9H2,1H3,(H,17,18). The first-order chi connectivity index (χ1) is 9.20. The molecule has 0 fully saturated rings. The smallest absolute Gasteiger partial charge is 0.275 e. The monoisotopic (exact) mass is 320 g/mol. The molecule has 5 heteroatoms. The van der Waals surface area contributed by atoms with Crippen molar-refractivity contribution in [2.75, 3.05) is 12.4 Å². The minimum Gasteiger partial charge on any atom is -0.380 e. The maximum atomic E-state index is 12.1. The molecule has 1 heterocycles. The topological polar surface area (TPSA) is 51.2 Å². The van der Waals surface area contributed by atoms with E-state index in [4.69, 9.17) is 4.74 Å². The lowest BCUT2D eigenvalue weighted by Gasteiger charge is -2.07. The zero-order valence-electron chi connectivity index (χ0n) is 10.4. The van der Waals surface area contributed by atoms with Gasteiger partial charge in [-0.1, -0.05) is 12.1 Å². The number of pyridine rings is 1. The number of nitrogens with one attached hydrogen (secondary N) is 1. The average molecular weight is 321 g/mol. The summed E-state index contributed by atoms with van der Waals surface area (Å²) in [5, 5.41) is 2.81. The van der Waals surface area contributed by atoms with Gasteiger partial charge < -0.3 is 10.1 Å². The minimum absolute atomic E-state index is 0.248. The molecule has 1 aromatic carbocycles. The first kappa shape index (κ1) is 13.7. The summed E-state index contributed by atoms with van der Waals surface area (Å²) in [6.45, 7) is 0.511. The molecule has 0 saturated carbocycles. The van der Waals surface area contributed by atoms with Crippen LogP contribution in [0.4, 0.5) is 5.69 Å². The third-order valence-electron chi connectivity index (χ3n) is 2.47. The molecule has 4 nitrogen and oxygen atoms in total. The van der Waals surface area contributed by atoms with Gasteiger partial charge in [-0.3, -0.25) is 4.79 Å². The molecule has 1 aromatic heterocycles. The quantitative estimate of drug-likeness (QED) is 0.940. The largest absolute Gasteiger partial charge is 0.380 e. The van der Waals surface area contributed by atoms with Gasteiger partial charge in [0.25, 0.3) is 5.91 Å². The number of anilines is 1. The molecule has 0 aliphatic carbocycles. The zero-order chi connectivity index (χ0) is 13.7. The zero-order valence-corrected chi connectivity index (χ0v) is 12.0. The lowest BCUT2D eigenvalue weighted by Crippen LogP contribution is -2.14. The van der Waals surface area contributed by atoms with Crippen LogP contribution in [0.5, 0.6) is 0 Å². The Morgan fingerprint density at radius 1 is 1.37 bits per heavy atom. The van der Waals surface area contributed by atoms with E-state index in [9.17, 15) is 4.79 Å². The van der Waals surface area contributed by atoms with Crippen LogP contribution in [0.15, 0.2) is 47.1 Å². The normalized spacial score (nSPS) is 10.2. The van der Waals surface area contributed by atoms with Gasteiger partial charge in [0.1, 0.15) is 5.69 Å². The molecule has 0 bridgehead atoms. The Balaban J connectivity index is 2.15. The van der Waals surface area contributed by atoms with Crippen LogP contribution in [0, 0.1) is 0 Å². The summed E-state index contributed by atoms with van der Waals surface area (Å²) in [7, 11) is 1.64. The molecule has 0 atom stereocenters. The SMILES string of the molecule is COCc1cccc(NC(=O)c2ncccc2Br)c1. The Morgan fingerprint density at radius 2 is 2.21 bits per heavy atom. The molecule has 1 amide bonds. The van der Waals surface area contributed by atoms with Crippen molar-refractivity contribution in [3.05, 3.63) is 58.3 Å². The number of hydrogen-bond donors (Lipinski definition) is 1.